The lowest BCUT2D eigenvalue weighted by atomic mass is 10.1. The Labute approximate surface area is 213 Å². The van der Waals surface area contributed by atoms with Crippen LogP contribution in [-0.4, -0.2) is 77.4 Å². The van der Waals surface area contributed by atoms with Crippen LogP contribution in [-0.2, 0) is 6.42 Å². The summed E-state index contributed by atoms with van der Waals surface area (Å²) in [4.78, 5) is 13.9. The van der Waals surface area contributed by atoms with Gasteiger partial charge in [-0.15, -0.1) is 37.2 Å². The van der Waals surface area contributed by atoms with Crippen molar-refractivity contribution in [3.05, 3.63) is 35.4 Å². The van der Waals surface area contributed by atoms with Gasteiger partial charge in [0, 0.05) is 50.0 Å². The number of hydrogen-bond donors (Lipinski definition) is 2. The number of methoxy groups -OCH3 is 1. The molecule has 12 heteroatoms. The summed E-state index contributed by atoms with van der Waals surface area (Å²) in [7, 11) is 3.83. The molecule has 0 saturated carbocycles. The number of hydrogen-bond acceptors (Lipinski definition) is 8. The fourth-order valence-electron chi connectivity index (χ4n) is 3.35. The van der Waals surface area contributed by atoms with Gasteiger partial charge >= 0.3 is 0 Å². The molecular formula is C20H35Cl3N6O2S. The van der Waals surface area contributed by atoms with E-state index in [2.05, 4.69) is 33.7 Å². The molecule has 1 aliphatic rings. The monoisotopic (exact) mass is 528 g/mol. The standard InChI is InChI=1S/C20H30N6OS.3ClH.H2O/c1-14(26-10-8-25(2)9-11-26)13-28-20-23-18(21)16(19(22)24-20)12-15-6-4-5-7-17(15)27-3;;;;/h4-7,14H,8-13H2,1-3H3,(H4,21,22,23,24);3*1H;1H2. The predicted octanol–water partition coefficient (Wildman–Crippen LogP) is 2.41. The van der Waals surface area contributed by atoms with Gasteiger partial charge in [0.1, 0.15) is 17.4 Å². The van der Waals surface area contributed by atoms with Crippen molar-refractivity contribution in [2.75, 3.05) is 57.6 Å². The molecule has 0 amide bonds. The number of likely N-dealkylation sites (N-methyl/N-ethyl adjacent to an activating group) is 1. The third kappa shape index (κ3) is 8.62. The van der Waals surface area contributed by atoms with Crippen LogP contribution in [0.3, 0.4) is 0 Å². The Bertz CT molecular complexity index is 790. The van der Waals surface area contributed by atoms with Gasteiger partial charge < -0.3 is 26.6 Å². The molecule has 1 unspecified atom stereocenters. The molecule has 1 aromatic carbocycles. The number of thioether (sulfide) groups is 1. The maximum Gasteiger partial charge on any atom is 0.191 e. The molecule has 1 aliphatic heterocycles. The molecule has 32 heavy (non-hydrogen) atoms. The quantitative estimate of drug-likeness (QED) is 0.414. The summed E-state index contributed by atoms with van der Waals surface area (Å²) in [6, 6.07) is 8.28. The van der Waals surface area contributed by atoms with Crippen LogP contribution < -0.4 is 16.2 Å². The van der Waals surface area contributed by atoms with Gasteiger partial charge in [0.25, 0.3) is 0 Å². The Balaban J connectivity index is 0. The molecule has 0 aliphatic carbocycles. The summed E-state index contributed by atoms with van der Waals surface area (Å²) in [5, 5.41) is 0.639. The SMILES string of the molecule is COc1ccccc1Cc1c(N)nc(SCC(C)N2CCN(C)CC2)nc1N.Cl.Cl.Cl.O. The van der Waals surface area contributed by atoms with Gasteiger partial charge in [-0.05, 0) is 25.6 Å². The summed E-state index contributed by atoms with van der Waals surface area (Å²) in [5.41, 5.74) is 14.2. The highest BCUT2D eigenvalue weighted by atomic mass is 35.5. The highest BCUT2D eigenvalue weighted by molar-refractivity contribution is 7.99. The van der Waals surface area contributed by atoms with Gasteiger partial charge in [0.15, 0.2) is 5.16 Å². The van der Waals surface area contributed by atoms with E-state index >= 15 is 0 Å². The second kappa shape index (κ2) is 15.6. The van der Waals surface area contributed by atoms with Crippen molar-refractivity contribution in [1.29, 1.82) is 0 Å². The maximum absolute atomic E-state index is 6.22. The molecule has 2 heterocycles. The van der Waals surface area contributed by atoms with Crippen molar-refractivity contribution < 1.29 is 10.2 Å². The average Bonchev–Trinajstić information content (AvgIpc) is 2.69. The lowest BCUT2D eigenvalue weighted by Crippen LogP contribution is -2.48. The van der Waals surface area contributed by atoms with Gasteiger partial charge in [-0.3, -0.25) is 4.90 Å². The second-order valence-corrected chi connectivity index (χ2v) is 8.23. The van der Waals surface area contributed by atoms with Crippen molar-refractivity contribution in [3.63, 3.8) is 0 Å². The van der Waals surface area contributed by atoms with E-state index in [1.165, 1.54) is 0 Å². The zero-order chi connectivity index (χ0) is 20.1. The van der Waals surface area contributed by atoms with Crippen LogP contribution in [0.15, 0.2) is 29.4 Å². The van der Waals surface area contributed by atoms with Crippen LogP contribution in [0, 0.1) is 0 Å². The number of benzene rings is 1. The summed E-state index contributed by atoms with van der Waals surface area (Å²) in [6.45, 7) is 6.68. The number of para-hydroxylation sites is 1. The molecule has 3 rings (SSSR count). The van der Waals surface area contributed by atoms with E-state index in [0.29, 0.717) is 29.3 Å². The molecule has 0 bridgehead atoms. The molecule has 0 spiro atoms. The smallest absolute Gasteiger partial charge is 0.191 e. The maximum atomic E-state index is 6.22. The fourth-order valence-corrected chi connectivity index (χ4v) is 4.27. The molecule has 2 aromatic rings. The van der Waals surface area contributed by atoms with Crippen molar-refractivity contribution >= 4 is 60.6 Å². The molecule has 0 radical (unpaired) electrons. The lowest BCUT2D eigenvalue weighted by Gasteiger charge is -2.36. The molecule has 1 saturated heterocycles. The average molecular weight is 530 g/mol. The second-order valence-electron chi connectivity index (χ2n) is 7.24. The number of nitrogen functional groups attached to an aromatic ring is 2. The van der Waals surface area contributed by atoms with Gasteiger partial charge in [0.05, 0.1) is 7.11 Å². The molecule has 1 fully saturated rings. The Morgan fingerprint density at radius 2 is 1.59 bits per heavy atom. The largest absolute Gasteiger partial charge is 0.496 e. The number of ether oxygens (including phenoxy) is 1. The number of piperazine rings is 1. The fraction of sp³-hybridized carbons (Fsp3) is 0.500. The molecular weight excluding hydrogens is 495 g/mol. The number of nitrogens with two attached hydrogens (primary N) is 2. The van der Waals surface area contributed by atoms with Crippen molar-refractivity contribution in [2.45, 2.75) is 24.5 Å². The van der Waals surface area contributed by atoms with Crippen LogP contribution in [0.5, 0.6) is 5.75 Å². The van der Waals surface area contributed by atoms with Gasteiger partial charge in [-0.2, -0.15) is 0 Å². The van der Waals surface area contributed by atoms with Crippen molar-refractivity contribution in [2.24, 2.45) is 0 Å². The van der Waals surface area contributed by atoms with Gasteiger partial charge in [-0.1, -0.05) is 30.0 Å². The normalized spacial score (nSPS) is 14.7. The van der Waals surface area contributed by atoms with Crippen LogP contribution in [0.2, 0.25) is 0 Å². The first-order valence-electron chi connectivity index (χ1n) is 9.57. The van der Waals surface area contributed by atoms with Crippen LogP contribution >= 0.6 is 49.0 Å². The number of anilines is 2. The minimum Gasteiger partial charge on any atom is -0.496 e. The Morgan fingerprint density at radius 1 is 1.03 bits per heavy atom. The number of aromatic nitrogens is 2. The predicted molar refractivity (Wildman–Crippen MR) is 141 cm³/mol. The van der Waals surface area contributed by atoms with E-state index in [1.54, 1.807) is 18.9 Å². The Morgan fingerprint density at radius 3 is 2.16 bits per heavy atom. The zero-order valence-electron chi connectivity index (χ0n) is 18.6. The summed E-state index contributed by atoms with van der Waals surface area (Å²) < 4.78 is 5.42. The van der Waals surface area contributed by atoms with Crippen molar-refractivity contribution in [1.82, 2.24) is 19.8 Å². The number of rotatable bonds is 7. The summed E-state index contributed by atoms with van der Waals surface area (Å²) >= 11 is 1.61. The van der Waals surface area contributed by atoms with E-state index in [1.807, 2.05) is 24.3 Å². The number of halogens is 3. The third-order valence-electron chi connectivity index (χ3n) is 5.23. The molecule has 184 valence electrons. The first-order valence-corrected chi connectivity index (χ1v) is 10.6. The Hall–Kier alpha value is -1.20. The minimum atomic E-state index is 0. The third-order valence-corrected chi connectivity index (χ3v) is 6.32. The van der Waals surface area contributed by atoms with Crippen LogP contribution in [0.1, 0.15) is 18.1 Å². The summed E-state index contributed by atoms with van der Waals surface area (Å²) in [6.07, 6.45) is 0.546. The van der Waals surface area contributed by atoms with E-state index in [9.17, 15) is 0 Å². The first-order chi connectivity index (χ1) is 13.5. The topological polar surface area (TPSA) is 125 Å². The number of nitrogens with zero attached hydrogens (tertiary/aromatic N) is 4. The molecule has 1 atom stereocenters. The summed E-state index contributed by atoms with van der Waals surface area (Å²) in [5.74, 6) is 2.59. The first kappa shape index (κ1) is 33.0. The van der Waals surface area contributed by atoms with Gasteiger partial charge in [-0.25, -0.2) is 9.97 Å². The highest BCUT2D eigenvalue weighted by Crippen LogP contribution is 2.28. The van der Waals surface area contributed by atoms with E-state index < -0.39 is 0 Å². The van der Waals surface area contributed by atoms with Crippen LogP contribution in [0.4, 0.5) is 11.6 Å². The van der Waals surface area contributed by atoms with E-state index in [4.69, 9.17) is 16.2 Å². The van der Waals surface area contributed by atoms with Crippen LogP contribution in [0.25, 0.3) is 0 Å². The lowest BCUT2D eigenvalue weighted by molar-refractivity contribution is 0.128. The van der Waals surface area contributed by atoms with Gasteiger partial charge in [0.2, 0.25) is 0 Å². The van der Waals surface area contributed by atoms with E-state index in [0.717, 1.165) is 48.8 Å². The highest BCUT2D eigenvalue weighted by Gasteiger charge is 2.20. The molecule has 6 N–H and O–H groups in total. The van der Waals surface area contributed by atoms with E-state index in [-0.39, 0.29) is 42.7 Å². The zero-order valence-corrected chi connectivity index (χ0v) is 21.9. The Kier molecular flexibility index (Phi) is 16.1. The minimum absolute atomic E-state index is 0. The molecule has 1 aromatic heterocycles. The van der Waals surface area contributed by atoms with Crippen molar-refractivity contribution in [3.8, 4) is 5.75 Å². The molecule has 8 nitrogen and oxygen atoms in total.